The maximum Gasteiger partial charge on any atom is 0.289 e. The average molecular weight is 422 g/mol. The standard InChI is InChI=1S/C19H20ClN3O4S/c1-19(2,3)12-4-7-14(8-5-12)27-11-17(24)22-18(28)21-13-6-9-15(20)16(10-13)23(25)26/h4-10H,11H2,1-3H3,(H2,21,22,24,28). The highest BCUT2D eigenvalue weighted by molar-refractivity contribution is 7.80. The van der Waals surface area contributed by atoms with Crippen LogP contribution in [0.25, 0.3) is 0 Å². The Balaban J connectivity index is 1.87. The van der Waals surface area contributed by atoms with Gasteiger partial charge in [-0.25, -0.2) is 0 Å². The molecule has 2 rings (SSSR count). The Bertz CT molecular complexity index is 895. The molecule has 0 aliphatic carbocycles. The van der Waals surface area contributed by atoms with Gasteiger partial charge in [0.2, 0.25) is 0 Å². The molecule has 7 nitrogen and oxygen atoms in total. The first-order chi connectivity index (χ1) is 13.1. The average Bonchev–Trinajstić information content (AvgIpc) is 2.61. The van der Waals surface area contributed by atoms with E-state index in [4.69, 9.17) is 28.6 Å². The van der Waals surface area contributed by atoms with Crippen LogP contribution >= 0.6 is 23.8 Å². The summed E-state index contributed by atoms with van der Waals surface area (Å²) in [5.74, 6) is 0.108. The number of hydrogen-bond donors (Lipinski definition) is 2. The lowest BCUT2D eigenvalue weighted by Gasteiger charge is -2.19. The number of benzene rings is 2. The van der Waals surface area contributed by atoms with Gasteiger partial charge in [0.25, 0.3) is 11.6 Å². The topological polar surface area (TPSA) is 93.5 Å². The number of anilines is 1. The molecule has 0 atom stereocenters. The fraction of sp³-hybridized carbons (Fsp3) is 0.263. The molecule has 0 unspecified atom stereocenters. The van der Waals surface area contributed by atoms with E-state index >= 15 is 0 Å². The Hall–Kier alpha value is -2.71. The van der Waals surface area contributed by atoms with Gasteiger partial charge in [-0.1, -0.05) is 44.5 Å². The molecule has 0 aliphatic rings. The van der Waals surface area contributed by atoms with Gasteiger partial charge in [0.05, 0.1) is 4.92 Å². The van der Waals surface area contributed by atoms with Crippen molar-refractivity contribution in [3.63, 3.8) is 0 Å². The van der Waals surface area contributed by atoms with Crippen molar-refractivity contribution in [3.05, 3.63) is 63.2 Å². The first-order valence-electron chi connectivity index (χ1n) is 8.34. The number of carbonyl (C=O) groups excluding carboxylic acids is 1. The van der Waals surface area contributed by atoms with Crippen molar-refractivity contribution >= 4 is 46.2 Å². The number of nitrogens with one attached hydrogen (secondary N) is 2. The summed E-state index contributed by atoms with van der Waals surface area (Å²) in [4.78, 5) is 22.3. The molecule has 1 amide bonds. The number of carbonyl (C=O) groups is 1. The Morgan fingerprint density at radius 1 is 1.21 bits per heavy atom. The summed E-state index contributed by atoms with van der Waals surface area (Å²) in [6.45, 7) is 6.11. The number of amides is 1. The van der Waals surface area contributed by atoms with Crippen molar-refractivity contribution in [2.24, 2.45) is 0 Å². The fourth-order valence-electron chi connectivity index (χ4n) is 2.26. The fourth-order valence-corrected chi connectivity index (χ4v) is 2.67. The Morgan fingerprint density at radius 2 is 1.86 bits per heavy atom. The second kappa shape index (κ2) is 8.99. The lowest BCUT2D eigenvalue weighted by Crippen LogP contribution is -2.37. The van der Waals surface area contributed by atoms with Gasteiger partial charge in [-0.05, 0) is 47.5 Å². The van der Waals surface area contributed by atoms with Gasteiger partial charge in [0.15, 0.2) is 11.7 Å². The van der Waals surface area contributed by atoms with E-state index in [1.54, 1.807) is 12.1 Å². The van der Waals surface area contributed by atoms with Gasteiger partial charge >= 0.3 is 0 Å². The van der Waals surface area contributed by atoms with Crippen LogP contribution in [-0.2, 0) is 10.2 Å². The van der Waals surface area contributed by atoms with Crippen LogP contribution in [0.1, 0.15) is 26.3 Å². The summed E-state index contributed by atoms with van der Waals surface area (Å²) < 4.78 is 5.45. The van der Waals surface area contributed by atoms with Crippen molar-refractivity contribution < 1.29 is 14.5 Å². The Morgan fingerprint density at radius 3 is 2.43 bits per heavy atom. The zero-order chi connectivity index (χ0) is 20.9. The monoisotopic (exact) mass is 421 g/mol. The zero-order valence-corrected chi connectivity index (χ0v) is 17.2. The van der Waals surface area contributed by atoms with E-state index < -0.39 is 10.8 Å². The highest BCUT2D eigenvalue weighted by Gasteiger charge is 2.15. The molecule has 0 radical (unpaired) electrons. The number of thiocarbonyl (C=S) groups is 1. The molecule has 9 heteroatoms. The number of nitrogens with zero attached hydrogens (tertiary/aromatic N) is 1. The van der Waals surface area contributed by atoms with Crippen LogP contribution in [0.2, 0.25) is 5.02 Å². The molecule has 0 spiro atoms. The van der Waals surface area contributed by atoms with Crippen LogP contribution < -0.4 is 15.4 Å². The van der Waals surface area contributed by atoms with Crippen LogP contribution in [0.15, 0.2) is 42.5 Å². The molecule has 148 valence electrons. The molecule has 0 heterocycles. The van der Waals surface area contributed by atoms with Gasteiger partial charge in [-0.2, -0.15) is 0 Å². The van der Waals surface area contributed by atoms with E-state index in [0.717, 1.165) is 5.56 Å². The summed E-state index contributed by atoms with van der Waals surface area (Å²) in [6, 6.07) is 11.6. The predicted molar refractivity (Wildman–Crippen MR) is 113 cm³/mol. The zero-order valence-electron chi connectivity index (χ0n) is 15.6. The minimum Gasteiger partial charge on any atom is -0.484 e. The third-order valence-corrected chi connectivity index (χ3v) is 4.27. The number of rotatable bonds is 5. The van der Waals surface area contributed by atoms with Gasteiger partial charge in [-0.15, -0.1) is 0 Å². The molecule has 2 N–H and O–H groups in total. The third-order valence-electron chi connectivity index (χ3n) is 3.74. The molecule has 0 saturated heterocycles. The summed E-state index contributed by atoms with van der Waals surface area (Å²) in [7, 11) is 0. The van der Waals surface area contributed by atoms with Crippen molar-refractivity contribution in [1.82, 2.24) is 5.32 Å². The van der Waals surface area contributed by atoms with Gasteiger partial charge < -0.3 is 10.1 Å². The Kier molecular flexibility index (Phi) is 6.93. The quantitative estimate of drug-likeness (QED) is 0.421. The molecular formula is C19H20ClN3O4S. The van der Waals surface area contributed by atoms with E-state index in [1.807, 2.05) is 12.1 Å². The van der Waals surface area contributed by atoms with Crippen LogP contribution in [0, 0.1) is 10.1 Å². The van der Waals surface area contributed by atoms with Crippen LogP contribution in [0.4, 0.5) is 11.4 Å². The minimum absolute atomic E-state index is 0.00620. The molecular weight excluding hydrogens is 402 g/mol. The van der Waals surface area contributed by atoms with Crippen molar-refractivity contribution in [2.45, 2.75) is 26.2 Å². The van der Waals surface area contributed by atoms with E-state index in [9.17, 15) is 14.9 Å². The first-order valence-corrected chi connectivity index (χ1v) is 9.13. The normalized spacial score (nSPS) is 10.9. The van der Waals surface area contributed by atoms with Gasteiger partial charge in [0, 0.05) is 11.8 Å². The summed E-state index contributed by atoms with van der Waals surface area (Å²) in [6.07, 6.45) is 0. The lowest BCUT2D eigenvalue weighted by atomic mass is 9.87. The minimum atomic E-state index is -0.603. The van der Waals surface area contributed by atoms with Crippen molar-refractivity contribution in [3.8, 4) is 5.75 Å². The van der Waals surface area contributed by atoms with E-state index in [2.05, 4.69) is 31.4 Å². The second-order valence-electron chi connectivity index (χ2n) is 6.99. The third kappa shape index (κ3) is 6.17. The number of ether oxygens (including phenoxy) is 1. The molecule has 2 aromatic rings. The molecule has 0 saturated carbocycles. The smallest absolute Gasteiger partial charge is 0.289 e. The highest BCUT2D eigenvalue weighted by Crippen LogP contribution is 2.27. The van der Waals surface area contributed by atoms with Gasteiger partial charge in [-0.3, -0.25) is 20.2 Å². The number of halogens is 1. The van der Waals surface area contributed by atoms with Crippen LogP contribution in [-0.4, -0.2) is 22.5 Å². The van der Waals surface area contributed by atoms with Crippen molar-refractivity contribution in [1.29, 1.82) is 0 Å². The number of hydrogen-bond acceptors (Lipinski definition) is 5. The summed E-state index contributed by atoms with van der Waals surface area (Å²) in [5.41, 5.74) is 1.26. The highest BCUT2D eigenvalue weighted by atomic mass is 35.5. The summed E-state index contributed by atoms with van der Waals surface area (Å²) in [5, 5.41) is 16.1. The molecule has 0 aliphatic heterocycles. The van der Waals surface area contributed by atoms with Gasteiger partial charge in [0.1, 0.15) is 10.8 Å². The molecule has 2 aromatic carbocycles. The number of nitro groups is 1. The van der Waals surface area contributed by atoms with Crippen LogP contribution in [0.5, 0.6) is 5.75 Å². The SMILES string of the molecule is CC(C)(C)c1ccc(OCC(=O)NC(=S)Nc2ccc(Cl)c([N+](=O)[O-])c2)cc1. The van der Waals surface area contributed by atoms with E-state index in [1.165, 1.54) is 18.2 Å². The maximum atomic E-state index is 12.0. The van der Waals surface area contributed by atoms with Crippen molar-refractivity contribution in [2.75, 3.05) is 11.9 Å². The molecule has 0 bridgehead atoms. The molecule has 0 aromatic heterocycles. The predicted octanol–water partition coefficient (Wildman–Crippen LogP) is 4.44. The van der Waals surface area contributed by atoms with E-state index in [-0.39, 0.29) is 27.8 Å². The molecule has 0 fully saturated rings. The lowest BCUT2D eigenvalue weighted by molar-refractivity contribution is -0.384. The van der Waals surface area contributed by atoms with E-state index in [0.29, 0.717) is 11.4 Å². The Labute approximate surface area is 173 Å². The molecule has 28 heavy (non-hydrogen) atoms. The summed E-state index contributed by atoms with van der Waals surface area (Å²) >= 11 is 10.8. The maximum absolute atomic E-state index is 12.0. The van der Waals surface area contributed by atoms with Crippen LogP contribution in [0.3, 0.4) is 0 Å². The number of nitro benzene ring substituents is 1. The second-order valence-corrected chi connectivity index (χ2v) is 7.80. The largest absolute Gasteiger partial charge is 0.484 e. The first kappa shape index (κ1) is 21.6.